The molecule has 0 saturated heterocycles. The van der Waals surface area contributed by atoms with E-state index >= 15 is 0 Å². The fourth-order valence-corrected chi connectivity index (χ4v) is 1.47. The van der Waals surface area contributed by atoms with Crippen molar-refractivity contribution >= 4 is 0 Å². The van der Waals surface area contributed by atoms with Crippen LogP contribution >= 0.6 is 0 Å². The molecule has 0 spiro atoms. The van der Waals surface area contributed by atoms with Gasteiger partial charge in [-0.3, -0.25) is 0 Å². The molecule has 72 valence electrons. The number of nitrogens with zero attached hydrogens (tertiary/aromatic N) is 2. The minimum Gasteiger partial charge on any atom is -0.370 e. The van der Waals surface area contributed by atoms with Gasteiger partial charge in [0.15, 0.2) is 0 Å². The SMILES string of the molecule is Cn1ccnc1COC1CC(N)C1. The first-order valence-corrected chi connectivity index (χ1v) is 4.59. The standard InChI is InChI=1S/C9H15N3O/c1-12-3-2-11-9(12)6-13-8-4-7(10)5-8/h2-3,7-8H,4-6,10H2,1H3. The van der Waals surface area contributed by atoms with Crippen LogP contribution in [-0.2, 0) is 18.4 Å². The van der Waals surface area contributed by atoms with Crippen LogP contribution in [0.5, 0.6) is 0 Å². The van der Waals surface area contributed by atoms with Crippen molar-refractivity contribution in [1.82, 2.24) is 9.55 Å². The Morgan fingerprint density at radius 1 is 1.69 bits per heavy atom. The molecular formula is C9H15N3O. The van der Waals surface area contributed by atoms with E-state index in [0.717, 1.165) is 18.7 Å². The van der Waals surface area contributed by atoms with Gasteiger partial charge in [-0.15, -0.1) is 0 Å². The molecule has 1 saturated carbocycles. The lowest BCUT2D eigenvalue weighted by molar-refractivity contribution is -0.0223. The third kappa shape index (κ3) is 1.89. The maximum Gasteiger partial charge on any atom is 0.134 e. The number of hydrogen-bond donors (Lipinski definition) is 1. The Morgan fingerprint density at radius 3 is 3.00 bits per heavy atom. The van der Waals surface area contributed by atoms with Gasteiger partial charge in [0, 0.05) is 25.5 Å². The summed E-state index contributed by atoms with van der Waals surface area (Å²) >= 11 is 0. The Bertz CT molecular complexity index is 278. The van der Waals surface area contributed by atoms with Crippen molar-refractivity contribution in [3.8, 4) is 0 Å². The van der Waals surface area contributed by atoms with Crippen molar-refractivity contribution in [3.05, 3.63) is 18.2 Å². The van der Waals surface area contributed by atoms with E-state index in [9.17, 15) is 0 Å². The molecule has 0 aromatic carbocycles. The molecule has 1 aliphatic carbocycles. The average molecular weight is 181 g/mol. The van der Waals surface area contributed by atoms with E-state index in [2.05, 4.69) is 4.98 Å². The van der Waals surface area contributed by atoms with Crippen LogP contribution < -0.4 is 5.73 Å². The first-order valence-electron chi connectivity index (χ1n) is 4.59. The van der Waals surface area contributed by atoms with Gasteiger partial charge in [-0.05, 0) is 12.8 Å². The number of rotatable bonds is 3. The lowest BCUT2D eigenvalue weighted by Crippen LogP contribution is -2.41. The van der Waals surface area contributed by atoms with Crippen LogP contribution in [0, 0.1) is 0 Å². The number of ether oxygens (including phenoxy) is 1. The van der Waals surface area contributed by atoms with E-state index < -0.39 is 0 Å². The molecule has 13 heavy (non-hydrogen) atoms. The van der Waals surface area contributed by atoms with Crippen molar-refractivity contribution in [3.63, 3.8) is 0 Å². The first kappa shape index (κ1) is 8.72. The van der Waals surface area contributed by atoms with Gasteiger partial charge in [0.05, 0.1) is 6.10 Å². The van der Waals surface area contributed by atoms with Crippen LogP contribution in [0.2, 0.25) is 0 Å². The fraction of sp³-hybridized carbons (Fsp3) is 0.667. The Morgan fingerprint density at radius 2 is 2.46 bits per heavy atom. The van der Waals surface area contributed by atoms with Gasteiger partial charge in [0.2, 0.25) is 0 Å². The summed E-state index contributed by atoms with van der Waals surface area (Å²) in [6.07, 6.45) is 6.04. The van der Waals surface area contributed by atoms with Crippen LogP contribution in [0.1, 0.15) is 18.7 Å². The Balaban J connectivity index is 1.77. The molecule has 2 rings (SSSR count). The van der Waals surface area contributed by atoms with Crippen molar-refractivity contribution in [2.45, 2.75) is 31.6 Å². The highest BCUT2D eigenvalue weighted by Crippen LogP contribution is 2.21. The zero-order valence-corrected chi connectivity index (χ0v) is 7.81. The average Bonchev–Trinajstić information content (AvgIpc) is 2.43. The summed E-state index contributed by atoms with van der Waals surface area (Å²) in [5.41, 5.74) is 5.65. The van der Waals surface area contributed by atoms with Crippen LogP contribution in [0.3, 0.4) is 0 Å². The molecular weight excluding hydrogens is 166 g/mol. The lowest BCUT2D eigenvalue weighted by Gasteiger charge is -2.31. The summed E-state index contributed by atoms with van der Waals surface area (Å²) < 4.78 is 7.58. The lowest BCUT2D eigenvalue weighted by atomic mass is 9.90. The topological polar surface area (TPSA) is 53.1 Å². The third-order valence-electron chi connectivity index (χ3n) is 2.50. The summed E-state index contributed by atoms with van der Waals surface area (Å²) in [7, 11) is 1.97. The summed E-state index contributed by atoms with van der Waals surface area (Å²) in [4.78, 5) is 4.17. The van der Waals surface area contributed by atoms with Crippen molar-refractivity contribution < 1.29 is 4.74 Å². The molecule has 0 unspecified atom stereocenters. The summed E-state index contributed by atoms with van der Waals surface area (Å²) in [6.45, 7) is 0.598. The summed E-state index contributed by atoms with van der Waals surface area (Å²) in [5.74, 6) is 0.973. The zero-order valence-electron chi connectivity index (χ0n) is 7.81. The number of aryl methyl sites for hydroxylation is 1. The first-order chi connectivity index (χ1) is 6.25. The monoisotopic (exact) mass is 181 g/mol. The van der Waals surface area contributed by atoms with Gasteiger partial charge in [-0.25, -0.2) is 4.98 Å². The highest BCUT2D eigenvalue weighted by Gasteiger charge is 2.26. The van der Waals surface area contributed by atoms with E-state index in [-0.39, 0.29) is 0 Å². The molecule has 0 radical (unpaired) electrons. The van der Waals surface area contributed by atoms with E-state index in [1.165, 1.54) is 0 Å². The molecule has 1 fully saturated rings. The molecule has 4 heteroatoms. The van der Waals surface area contributed by atoms with Gasteiger partial charge in [0.25, 0.3) is 0 Å². The molecule has 0 bridgehead atoms. The predicted octanol–water partition coefficient (Wildman–Crippen LogP) is 0.426. The Hall–Kier alpha value is -0.870. The van der Waals surface area contributed by atoms with Crippen LogP contribution in [0.4, 0.5) is 0 Å². The quantitative estimate of drug-likeness (QED) is 0.735. The molecule has 0 amide bonds. The molecule has 4 nitrogen and oxygen atoms in total. The van der Waals surface area contributed by atoms with Gasteiger partial charge >= 0.3 is 0 Å². The highest BCUT2D eigenvalue weighted by atomic mass is 16.5. The second kappa shape index (κ2) is 3.47. The maximum absolute atomic E-state index is 5.65. The van der Waals surface area contributed by atoms with Gasteiger partial charge in [0.1, 0.15) is 12.4 Å². The predicted molar refractivity (Wildman–Crippen MR) is 49.0 cm³/mol. The molecule has 0 atom stereocenters. The molecule has 1 aliphatic rings. The molecule has 0 aliphatic heterocycles. The maximum atomic E-state index is 5.65. The van der Waals surface area contributed by atoms with Crippen LogP contribution in [-0.4, -0.2) is 21.7 Å². The van der Waals surface area contributed by atoms with E-state index in [0.29, 0.717) is 18.8 Å². The van der Waals surface area contributed by atoms with Crippen molar-refractivity contribution in [2.24, 2.45) is 12.8 Å². The van der Waals surface area contributed by atoms with Gasteiger partial charge < -0.3 is 15.0 Å². The summed E-state index contributed by atoms with van der Waals surface area (Å²) in [6, 6.07) is 0.353. The van der Waals surface area contributed by atoms with Crippen molar-refractivity contribution in [2.75, 3.05) is 0 Å². The smallest absolute Gasteiger partial charge is 0.134 e. The van der Waals surface area contributed by atoms with E-state index in [1.54, 1.807) is 6.20 Å². The second-order valence-corrected chi connectivity index (χ2v) is 3.62. The van der Waals surface area contributed by atoms with Crippen molar-refractivity contribution in [1.29, 1.82) is 0 Å². The normalized spacial score (nSPS) is 27.2. The number of nitrogens with two attached hydrogens (primary N) is 1. The minimum absolute atomic E-state index is 0.353. The molecule has 1 aromatic heterocycles. The Kier molecular flexibility index (Phi) is 2.33. The highest BCUT2D eigenvalue weighted by molar-refractivity contribution is 4.90. The minimum atomic E-state index is 0.353. The van der Waals surface area contributed by atoms with E-state index in [4.69, 9.17) is 10.5 Å². The summed E-state index contributed by atoms with van der Waals surface area (Å²) in [5, 5.41) is 0. The number of aromatic nitrogens is 2. The van der Waals surface area contributed by atoms with Gasteiger partial charge in [-0.2, -0.15) is 0 Å². The third-order valence-corrected chi connectivity index (χ3v) is 2.50. The Labute approximate surface area is 77.7 Å². The van der Waals surface area contributed by atoms with E-state index in [1.807, 2.05) is 17.8 Å². The molecule has 1 heterocycles. The largest absolute Gasteiger partial charge is 0.370 e. The van der Waals surface area contributed by atoms with Crippen LogP contribution in [0.25, 0.3) is 0 Å². The zero-order chi connectivity index (χ0) is 9.26. The fourth-order valence-electron chi connectivity index (χ4n) is 1.47. The second-order valence-electron chi connectivity index (χ2n) is 3.62. The van der Waals surface area contributed by atoms with Crippen LogP contribution in [0.15, 0.2) is 12.4 Å². The van der Waals surface area contributed by atoms with Gasteiger partial charge in [-0.1, -0.05) is 0 Å². The molecule has 1 aromatic rings. The number of hydrogen-bond acceptors (Lipinski definition) is 3. The number of imidazole rings is 1. The molecule has 2 N–H and O–H groups in total.